The zero-order chi connectivity index (χ0) is 18.0. The van der Waals surface area contributed by atoms with Crippen molar-refractivity contribution in [1.82, 2.24) is 5.32 Å². The van der Waals surface area contributed by atoms with Crippen LogP contribution in [-0.2, 0) is 4.79 Å². The molecule has 1 atom stereocenters. The first-order valence-corrected chi connectivity index (χ1v) is 8.99. The van der Waals surface area contributed by atoms with Gasteiger partial charge in [-0.1, -0.05) is 40.2 Å². The average Bonchev–Trinajstić information content (AvgIpc) is 2.59. The van der Waals surface area contributed by atoms with Crippen LogP contribution >= 0.6 is 15.9 Å². The lowest BCUT2D eigenvalue weighted by Crippen LogP contribution is -2.38. The van der Waals surface area contributed by atoms with Gasteiger partial charge in [-0.05, 0) is 49.6 Å². The average molecular weight is 399 g/mol. The molecule has 0 fully saturated rings. The minimum absolute atomic E-state index is 0.141. The predicted octanol–water partition coefficient (Wildman–Crippen LogP) is 2.44. The monoisotopic (exact) mass is 398 g/mol. The number of nitrogens with one attached hydrogen (secondary N) is 1. The van der Waals surface area contributed by atoms with Gasteiger partial charge in [-0.2, -0.15) is 0 Å². The number of nitrogens with zero attached hydrogens (tertiary/aromatic N) is 1. The molecule has 0 bridgehead atoms. The Morgan fingerprint density at radius 2 is 1.96 bits per heavy atom. The summed E-state index contributed by atoms with van der Waals surface area (Å²) in [5.74, 6) is -0.581. The standard InChI is InChI=1S/C20H19BrN2O2/c1-12-6-7-13(2)18-17(12)11-15(20(25)23-18)8-9-22-19(24)14-4-3-5-16(21)10-14/h3-7,10-11,15H,8-9H2,1-2H3,(H,22,24). The third-order valence-corrected chi connectivity index (χ3v) is 4.86. The molecule has 1 heterocycles. The molecule has 1 aliphatic rings. The maximum Gasteiger partial charge on any atom is 0.253 e. The molecule has 0 aliphatic carbocycles. The second-order valence-corrected chi connectivity index (χ2v) is 7.16. The van der Waals surface area contributed by atoms with E-state index in [0.29, 0.717) is 18.5 Å². The molecule has 2 aromatic carbocycles. The molecule has 3 rings (SSSR count). The van der Waals surface area contributed by atoms with Crippen LogP contribution in [0.5, 0.6) is 0 Å². The fraction of sp³-hybridized carbons (Fsp3) is 0.250. The van der Waals surface area contributed by atoms with Gasteiger partial charge in [0.1, 0.15) is 0 Å². The van der Waals surface area contributed by atoms with Crippen LogP contribution in [0, 0.1) is 19.8 Å². The second-order valence-electron chi connectivity index (χ2n) is 6.24. The van der Waals surface area contributed by atoms with E-state index in [1.165, 1.54) is 0 Å². The molecule has 0 spiro atoms. The molecule has 1 N–H and O–H groups in total. The van der Waals surface area contributed by atoms with Gasteiger partial charge in [-0.15, -0.1) is 0 Å². The van der Waals surface area contributed by atoms with Crippen molar-refractivity contribution < 1.29 is 9.59 Å². The third-order valence-electron chi connectivity index (χ3n) is 4.37. The van der Waals surface area contributed by atoms with Gasteiger partial charge in [0.2, 0.25) is 0 Å². The summed E-state index contributed by atoms with van der Waals surface area (Å²) in [6, 6.07) is 11.2. The number of halogens is 1. The lowest BCUT2D eigenvalue weighted by atomic mass is 9.97. The summed E-state index contributed by atoms with van der Waals surface area (Å²) in [6.07, 6.45) is 2.52. The second kappa shape index (κ2) is 7.31. The van der Waals surface area contributed by atoms with Crippen molar-refractivity contribution in [3.05, 3.63) is 68.1 Å². The summed E-state index contributed by atoms with van der Waals surface area (Å²) in [4.78, 5) is 28.7. The fourth-order valence-corrected chi connectivity index (χ4v) is 3.32. The minimum atomic E-state index is -0.296. The largest absolute Gasteiger partial charge is 0.352 e. The van der Waals surface area contributed by atoms with Crippen LogP contribution in [0.1, 0.15) is 27.9 Å². The lowest BCUT2D eigenvalue weighted by molar-refractivity contribution is -0.120. The van der Waals surface area contributed by atoms with E-state index in [9.17, 15) is 9.59 Å². The van der Waals surface area contributed by atoms with E-state index in [2.05, 4.69) is 26.2 Å². The van der Waals surface area contributed by atoms with Crippen LogP contribution in [0.2, 0.25) is 0 Å². The van der Waals surface area contributed by atoms with Crippen molar-refractivity contribution >= 4 is 33.8 Å². The van der Waals surface area contributed by atoms with Crippen LogP contribution < -0.4 is 15.9 Å². The number of carbonyl (C=O) groups is 2. The zero-order valence-corrected chi connectivity index (χ0v) is 15.8. The Morgan fingerprint density at radius 3 is 2.72 bits per heavy atom. The summed E-state index contributed by atoms with van der Waals surface area (Å²) in [7, 11) is 0. The number of rotatable bonds is 4. The number of aryl methyl sites for hydroxylation is 2. The maximum absolute atomic E-state index is 12.3. The molecule has 2 aromatic rings. The van der Waals surface area contributed by atoms with Crippen LogP contribution in [-0.4, -0.2) is 18.4 Å². The highest BCUT2D eigenvalue weighted by atomic mass is 79.9. The lowest BCUT2D eigenvalue weighted by Gasteiger charge is -2.14. The Kier molecular flexibility index (Phi) is 5.13. The summed E-state index contributed by atoms with van der Waals surface area (Å²) in [5.41, 5.74) is 2.71. The van der Waals surface area contributed by atoms with E-state index in [1.807, 2.05) is 44.2 Å². The first kappa shape index (κ1) is 17.5. The van der Waals surface area contributed by atoms with Gasteiger partial charge in [0, 0.05) is 21.8 Å². The third kappa shape index (κ3) is 3.87. The molecule has 128 valence electrons. The number of fused-ring (bicyclic) bond motifs is 1. The number of carbonyl (C=O) groups excluding carboxylic acids is 2. The number of hydrogen-bond acceptors (Lipinski definition) is 2. The molecular weight excluding hydrogens is 380 g/mol. The molecule has 25 heavy (non-hydrogen) atoms. The van der Waals surface area contributed by atoms with Gasteiger partial charge in [-0.25, -0.2) is 4.99 Å². The highest BCUT2D eigenvalue weighted by Gasteiger charge is 2.19. The van der Waals surface area contributed by atoms with Gasteiger partial charge in [0.05, 0.1) is 11.3 Å². The topological polar surface area (TPSA) is 58.5 Å². The van der Waals surface area contributed by atoms with Gasteiger partial charge in [0.25, 0.3) is 11.8 Å². The van der Waals surface area contributed by atoms with Crippen molar-refractivity contribution in [1.29, 1.82) is 0 Å². The molecule has 0 saturated heterocycles. The summed E-state index contributed by atoms with van der Waals surface area (Å²) in [6.45, 7) is 4.40. The molecule has 1 unspecified atom stereocenters. The van der Waals surface area contributed by atoms with E-state index < -0.39 is 0 Å². The van der Waals surface area contributed by atoms with Crippen molar-refractivity contribution in [3.63, 3.8) is 0 Å². The molecule has 0 radical (unpaired) electrons. The Labute approximate surface area is 154 Å². The first-order chi connectivity index (χ1) is 12.0. The van der Waals surface area contributed by atoms with Crippen LogP contribution in [0.3, 0.4) is 0 Å². The SMILES string of the molecule is Cc1ccc(C)c2c1=CC(CCNC(=O)c1cccc(Br)c1)C(=O)N=2. The molecular formula is C20H19BrN2O2. The molecule has 1 aliphatic heterocycles. The van der Waals surface area contributed by atoms with Crippen molar-refractivity contribution in [2.45, 2.75) is 20.3 Å². The van der Waals surface area contributed by atoms with Gasteiger partial charge in [-0.3, -0.25) is 9.59 Å². The Bertz CT molecular complexity index is 966. The highest BCUT2D eigenvalue weighted by Crippen LogP contribution is 2.12. The van der Waals surface area contributed by atoms with E-state index in [0.717, 1.165) is 26.2 Å². The van der Waals surface area contributed by atoms with E-state index in [-0.39, 0.29) is 17.7 Å². The number of hydrogen-bond donors (Lipinski definition) is 1. The Balaban J connectivity index is 1.70. The molecule has 2 amide bonds. The van der Waals surface area contributed by atoms with E-state index >= 15 is 0 Å². The van der Waals surface area contributed by atoms with Crippen LogP contribution in [0.4, 0.5) is 0 Å². The smallest absolute Gasteiger partial charge is 0.253 e. The Morgan fingerprint density at radius 1 is 1.20 bits per heavy atom. The van der Waals surface area contributed by atoms with Crippen LogP contribution in [0.25, 0.3) is 6.08 Å². The van der Waals surface area contributed by atoms with Crippen molar-refractivity contribution in [2.24, 2.45) is 10.9 Å². The predicted molar refractivity (Wildman–Crippen MR) is 101 cm³/mol. The number of amides is 2. The molecule has 0 saturated carbocycles. The van der Waals surface area contributed by atoms with E-state index in [1.54, 1.807) is 12.1 Å². The minimum Gasteiger partial charge on any atom is -0.352 e. The van der Waals surface area contributed by atoms with E-state index in [4.69, 9.17) is 0 Å². The summed E-state index contributed by atoms with van der Waals surface area (Å²) >= 11 is 3.35. The van der Waals surface area contributed by atoms with Crippen molar-refractivity contribution in [2.75, 3.05) is 6.54 Å². The van der Waals surface area contributed by atoms with Crippen molar-refractivity contribution in [3.8, 4) is 0 Å². The van der Waals surface area contributed by atoms with Crippen LogP contribution in [0.15, 0.2) is 45.9 Å². The first-order valence-electron chi connectivity index (χ1n) is 8.20. The maximum atomic E-state index is 12.3. The zero-order valence-electron chi connectivity index (χ0n) is 14.2. The quantitative estimate of drug-likeness (QED) is 0.859. The molecule has 0 aromatic heterocycles. The molecule has 5 heteroatoms. The molecule has 4 nitrogen and oxygen atoms in total. The summed E-state index contributed by atoms with van der Waals surface area (Å²) in [5, 5.41) is 4.68. The highest BCUT2D eigenvalue weighted by molar-refractivity contribution is 9.10. The Hall–Kier alpha value is -2.27. The van der Waals surface area contributed by atoms with Gasteiger partial charge >= 0.3 is 0 Å². The fourth-order valence-electron chi connectivity index (χ4n) is 2.92. The van der Waals surface area contributed by atoms with Gasteiger partial charge < -0.3 is 5.32 Å². The summed E-state index contributed by atoms with van der Waals surface area (Å²) < 4.78 is 0.859. The number of benzene rings is 2. The normalized spacial score (nSPS) is 15.8. The van der Waals surface area contributed by atoms with Gasteiger partial charge in [0.15, 0.2) is 0 Å².